The molecule has 7 heteroatoms. The normalized spacial score (nSPS) is 11.4. The number of ether oxygens (including phenoxy) is 2. The first-order chi connectivity index (χ1) is 13.4. The van der Waals surface area contributed by atoms with Crippen molar-refractivity contribution in [2.75, 3.05) is 18.5 Å². The molecule has 0 aliphatic carbocycles. The molecule has 2 aromatic rings. The standard InChI is InChI=1S/C21H24N2O4S/c1-5-13(3)15-7-9-16(10-8-15)27-12-18(24)23-20-17(11-22)14(4)19(28-20)21(25)26-6-2/h7-10,13H,5-6,12H2,1-4H3,(H,23,24)/t13-/m0/s1. The van der Waals surface area contributed by atoms with Gasteiger partial charge in [-0.1, -0.05) is 26.0 Å². The van der Waals surface area contributed by atoms with Gasteiger partial charge in [0.1, 0.15) is 21.7 Å². The summed E-state index contributed by atoms with van der Waals surface area (Å²) in [6, 6.07) is 9.68. The zero-order valence-corrected chi connectivity index (χ0v) is 17.3. The van der Waals surface area contributed by atoms with Crippen molar-refractivity contribution in [3.05, 3.63) is 45.8 Å². The number of esters is 1. The molecule has 1 aromatic heterocycles. The molecule has 28 heavy (non-hydrogen) atoms. The van der Waals surface area contributed by atoms with Gasteiger partial charge in [0.05, 0.1) is 12.2 Å². The Hall–Kier alpha value is -2.85. The molecule has 0 aliphatic heterocycles. The van der Waals surface area contributed by atoms with Gasteiger partial charge >= 0.3 is 5.97 Å². The summed E-state index contributed by atoms with van der Waals surface area (Å²) in [6.45, 7) is 7.70. The fourth-order valence-corrected chi connectivity index (χ4v) is 3.63. The van der Waals surface area contributed by atoms with Gasteiger partial charge in [-0.2, -0.15) is 5.26 Å². The number of nitrogens with zero attached hydrogens (tertiary/aromatic N) is 1. The highest BCUT2D eigenvalue weighted by Crippen LogP contribution is 2.33. The number of thiophene rings is 1. The Morgan fingerprint density at radius 1 is 1.25 bits per heavy atom. The fourth-order valence-electron chi connectivity index (χ4n) is 2.57. The monoisotopic (exact) mass is 400 g/mol. The summed E-state index contributed by atoms with van der Waals surface area (Å²) in [7, 11) is 0. The van der Waals surface area contributed by atoms with Gasteiger partial charge in [0.15, 0.2) is 6.61 Å². The van der Waals surface area contributed by atoms with Gasteiger partial charge in [0.25, 0.3) is 5.91 Å². The number of carbonyl (C=O) groups excluding carboxylic acids is 2. The maximum atomic E-state index is 12.2. The summed E-state index contributed by atoms with van der Waals surface area (Å²) in [4.78, 5) is 24.5. The Morgan fingerprint density at radius 2 is 1.93 bits per heavy atom. The van der Waals surface area contributed by atoms with Crippen LogP contribution in [0.15, 0.2) is 24.3 Å². The summed E-state index contributed by atoms with van der Waals surface area (Å²) >= 11 is 1.03. The number of nitrogens with one attached hydrogen (secondary N) is 1. The second kappa shape index (κ2) is 9.90. The van der Waals surface area contributed by atoms with Crippen LogP contribution in [0.5, 0.6) is 5.75 Å². The zero-order valence-electron chi connectivity index (χ0n) is 16.5. The van der Waals surface area contributed by atoms with Gasteiger partial charge < -0.3 is 14.8 Å². The number of amides is 1. The topological polar surface area (TPSA) is 88.4 Å². The summed E-state index contributed by atoms with van der Waals surface area (Å²) in [5.41, 5.74) is 1.99. The lowest BCUT2D eigenvalue weighted by Crippen LogP contribution is -2.20. The molecule has 0 fully saturated rings. The highest BCUT2D eigenvalue weighted by atomic mass is 32.1. The average molecular weight is 401 g/mol. The molecule has 1 heterocycles. The minimum absolute atomic E-state index is 0.195. The van der Waals surface area contributed by atoms with Crippen LogP contribution >= 0.6 is 11.3 Å². The van der Waals surface area contributed by atoms with Crippen LogP contribution in [-0.2, 0) is 9.53 Å². The second-order valence-corrected chi connectivity index (χ2v) is 7.33. The number of rotatable bonds is 8. The Labute approximate surface area is 169 Å². The first kappa shape index (κ1) is 21.5. The number of anilines is 1. The molecule has 0 saturated carbocycles. The number of hydrogen-bond acceptors (Lipinski definition) is 6. The van der Waals surface area contributed by atoms with Crippen LogP contribution < -0.4 is 10.1 Å². The summed E-state index contributed by atoms with van der Waals surface area (Å²) < 4.78 is 10.5. The lowest BCUT2D eigenvalue weighted by molar-refractivity contribution is -0.118. The molecule has 0 radical (unpaired) electrons. The summed E-state index contributed by atoms with van der Waals surface area (Å²) in [6.07, 6.45) is 1.05. The summed E-state index contributed by atoms with van der Waals surface area (Å²) in [5, 5.41) is 12.3. The van der Waals surface area contributed by atoms with Gasteiger partial charge in [-0.15, -0.1) is 11.3 Å². The number of benzene rings is 1. The Kier molecular flexibility index (Phi) is 7.59. The number of hydrogen-bond donors (Lipinski definition) is 1. The van der Waals surface area contributed by atoms with E-state index >= 15 is 0 Å². The molecule has 1 amide bonds. The third kappa shape index (κ3) is 5.11. The van der Waals surface area contributed by atoms with Crippen molar-refractivity contribution in [1.29, 1.82) is 5.26 Å². The molecule has 0 unspecified atom stereocenters. The van der Waals surface area contributed by atoms with E-state index in [9.17, 15) is 14.9 Å². The molecule has 6 nitrogen and oxygen atoms in total. The predicted molar refractivity (Wildman–Crippen MR) is 109 cm³/mol. The van der Waals surface area contributed by atoms with E-state index in [1.807, 2.05) is 30.3 Å². The Balaban J connectivity index is 2.02. The lowest BCUT2D eigenvalue weighted by atomic mass is 9.99. The highest BCUT2D eigenvalue weighted by molar-refractivity contribution is 7.18. The van der Waals surface area contributed by atoms with E-state index in [0.29, 0.717) is 27.1 Å². The van der Waals surface area contributed by atoms with Crippen molar-refractivity contribution < 1.29 is 19.1 Å². The summed E-state index contributed by atoms with van der Waals surface area (Å²) in [5.74, 6) is 0.161. The van der Waals surface area contributed by atoms with E-state index in [2.05, 4.69) is 19.2 Å². The molecular formula is C21H24N2O4S. The minimum Gasteiger partial charge on any atom is -0.484 e. The van der Waals surface area contributed by atoms with Crippen LogP contribution in [0.3, 0.4) is 0 Å². The quantitative estimate of drug-likeness (QED) is 0.652. The number of nitriles is 1. The smallest absolute Gasteiger partial charge is 0.348 e. The second-order valence-electron chi connectivity index (χ2n) is 6.31. The van der Waals surface area contributed by atoms with Gasteiger partial charge in [-0.05, 0) is 49.4 Å². The molecule has 0 saturated heterocycles. The van der Waals surface area contributed by atoms with Crippen LogP contribution in [0.25, 0.3) is 0 Å². The van der Waals surface area contributed by atoms with Crippen molar-refractivity contribution >= 4 is 28.2 Å². The predicted octanol–water partition coefficient (Wildman–Crippen LogP) is 4.64. The van der Waals surface area contributed by atoms with E-state index in [-0.39, 0.29) is 18.8 Å². The zero-order chi connectivity index (χ0) is 20.7. The molecule has 0 aliphatic rings. The molecule has 0 spiro atoms. The van der Waals surface area contributed by atoms with E-state index in [1.54, 1.807) is 13.8 Å². The lowest BCUT2D eigenvalue weighted by Gasteiger charge is -2.10. The maximum Gasteiger partial charge on any atom is 0.348 e. The van der Waals surface area contributed by atoms with Crippen LogP contribution in [-0.4, -0.2) is 25.1 Å². The highest BCUT2D eigenvalue weighted by Gasteiger charge is 2.22. The molecule has 148 valence electrons. The van der Waals surface area contributed by atoms with Crippen LogP contribution in [0.4, 0.5) is 5.00 Å². The largest absolute Gasteiger partial charge is 0.484 e. The van der Waals surface area contributed by atoms with Crippen molar-refractivity contribution in [2.45, 2.75) is 40.0 Å². The average Bonchev–Trinajstić information content (AvgIpc) is 3.01. The van der Waals surface area contributed by atoms with E-state index in [4.69, 9.17) is 9.47 Å². The van der Waals surface area contributed by atoms with Crippen LogP contribution in [0.1, 0.15) is 59.5 Å². The van der Waals surface area contributed by atoms with E-state index in [0.717, 1.165) is 17.8 Å². The third-order valence-electron chi connectivity index (χ3n) is 4.40. The number of carbonyl (C=O) groups is 2. The fraction of sp³-hybridized carbons (Fsp3) is 0.381. The Bertz CT molecular complexity index is 881. The van der Waals surface area contributed by atoms with Gasteiger partial charge in [0.2, 0.25) is 0 Å². The molecule has 1 N–H and O–H groups in total. The van der Waals surface area contributed by atoms with Gasteiger partial charge in [-0.25, -0.2) is 4.79 Å². The van der Waals surface area contributed by atoms with Crippen LogP contribution in [0, 0.1) is 18.3 Å². The van der Waals surface area contributed by atoms with Crippen molar-refractivity contribution in [3.8, 4) is 11.8 Å². The molecule has 2 rings (SSSR count). The van der Waals surface area contributed by atoms with Gasteiger partial charge in [-0.3, -0.25) is 4.79 Å². The van der Waals surface area contributed by atoms with Crippen molar-refractivity contribution in [1.82, 2.24) is 0 Å². The molecular weight excluding hydrogens is 376 g/mol. The third-order valence-corrected chi connectivity index (χ3v) is 5.59. The van der Waals surface area contributed by atoms with Gasteiger partial charge in [0, 0.05) is 0 Å². The minimum atomic E-state index is -0.500. The van der Waals surface area contributed by atoms with Crippen molar-refractivity contribution in [2.24, 2.45) is 0 Å². The van der Waals surface area contributed by atoms with Crippen molar-refractivity contribution in [3.63, 3.8) is 0 Å². The Morgan fingerprint density at radius 3 is 2.50 bits per heavy atom. The molecule has 1 atom stereocenters. The first-order valence-electron chi connectivity index (χ1n) is 9.14. The first-order valence-corrected chi connectivity index (χ1v) is 9.96. The molecule has 1 aromatic carbocycles. The van der Waals surface area contributed by atoms with E-state index in [1.165, 1.54) is 5.56 Å². The maximum absolute atomic E-state index is 12.2. The van der Waals surface area contributed by atoms with Crippen LogP contribution in [0.2, 0.25) is 0 Å². The molecule has 0 bridgehead atoms. The van der Waals surface area contributed by atoms with E-state index < -0.39 is 11.9 Å². The SMILES string of the molecule is CCOC(=O)c1sc(NC(=O)COc2ccc([C@@H](C)CC)cc2)c(C#N)c1C.